The molecule has 0 radical (unpaired) electrons. The molecule has 0 saturated heterocycles. The van der Waals surface area contributed by atoms with E-state index in [0.717, 1.165) is 0 Å². The number of nitrogens with one attached hydrogen (secondary N) is 2. The molecular formula is C14H20N2O4. The third kappa shape index (κ3) is 5.26. The maximum absolute atomic E-state index is 11.9. The number of carbonyl (C=O) groups is 2. The summed E-state index contributed by atoms with van der Waals surface area (Å²) in [5, 5.41) is 11.5. The number of hydrogen-bond acceptors (Lipinski definition) is 3. The van der Waals surface area contributed by atoms with Crippen LogP contribution in [0.2, 0.25) is 0 Å². The fourth-order valence-corrected chi connectivity index (χ4v) is 2.09. The van der Waals surface area contributed by atoms with E-state index in [1.165, 1.54) is 12.3 Å². The third-order valence-electron chi connectivity index (χ3n) is 2.88. The van der Waals surface area contributed by atoms with Crippen LogP contribution in [0.15, 0.2) is 23.1 Å². The van der Waals surface area contributed by atoms with Crippen molar-refractivity contribution in [1.82, 2.24) is 10.3 Å². The molecule has 110 valence electrons. The predicted octanol–water partition coefficient (Wildman–Crippen LogP) is 1.24. The monoisotopic (exact) mass is 280 g/mol. The van der Waals surface area contributed by atoms with Gasteiger partial charge in [-0.2, -0.15) is 0 Å². The van der Waals surface area contributed by atoms with Crippen molar-refractivity contribution in [2.75, 3.05) is 6.54 Å². The van der Waals surface area contributed by atoms with Gasteiger partial charge in [-0.3, -0.25) is 14.4 Å². The molecule has 0 aliphatic rings. The standard InChI is InChI=1S/C14H20N2O4/c1-9(2)6-10(7-12(17)18)8-16-14(20)11-4-3-5-15-13(11)19/h3-5,9-10H,6-8H2,1-2H3,(H,15,19)(H,16,20)(H,17,18). The summed E-state index contributed by atoms with van der Waals surface area (Å²) >= 11 is 0. The lowest BCUT2D eigenvalue weighted by Gasteiger charge is -2.17. The van der Waals surface area contributed by atoms with Gasteiger partial charge in [0.05, 0.1) is 0 Å². The third-order valence-corrected chi connectivity index (χ3v) is 2.88. The van der Waals surface area contributed by atoms with Gasteiger partial charge in [0.2, 0.25) is 0 Å². The molecule has 1 aromatic rings. The van der Waals surface area contributed by atoms with Gasteiger partial charge in [0.25, 0.3) is 11.5 Å². The van der Waals surface area contributed by atoms with E-state index in [0.29, 0.717) is 12.3 Å². The molecule has 0 saturated carbocycles. The average Bonchev–Trinajstić information content (AvgIpc) is 2.34. The number of carbonyl (C=O) groups excluding carboxylic acids is 1. The molecule has 1 rings (SSSR count). The zero-order valence-electron chi connectivity index (χ0n) is 11.7. The Labute approximate surface area is 117 Å². The molecule has 0 aliphatic carbocycles. The number of rotatable bonds is 7. The molecule has 6 nitrogen and oxygen atoms in total. The summed E-state index contributed by atoms with van der Waals surface area (Å²) < 4.78 is 0. The minimum Gasteiger partial charge on any atom is -0.481 e. The van der Waals surface area contributed by atoms with Crippen molar-refractivity contribution in [3.8, 4) is 0 Å². The molecule has 3 N–H and O–H groups in total. The highest BCUT2D eigenvalue weighted by Gasteiger charge is 2.17. The smallest absolute Gasteiger partial charge is 0.303 e. The largest absolute Gasteiger partial charge is 0.481 e. The maximum atomic E-state index is 11.9. The Balaban J connectivity index is 2.62. The van der Waals surface area contributed by atoms with Crippen LogP contribution < -0.4 is 10.9 Å². The van der Waals surface area contributed by atoms with Gasteiger partial charge in [-0.1, -0.05) is 13.8 Å². The van der Waals surface area contributed by atoms with Gasteiger partial charge >= 0.3 is 5.97 Å². The lowest BCUT2D eigenvalue weighted by molar-refractivity contribution is -0.138. The first-order valence-corrected chi connectivity index (χ1v) is 6.57. The van der Waals surface area contributed by atoms with Crippen LogP contribution >= 0.6 is 0 Å². The van der Waals surface area contributed by atoms with E-state index in [-0.39, 0.29) is 24.4 Å². The van der Waals surface area contributed by atoms with Crippen molar-refractivity contribution in [3.05, 3.63) is 34.2 Å². The lowest BCUT2D eigenvalue weighted by atomic mass is 9.94. The summed E-state index contributed by atoms with van der Waals surface area (Å²) in [7, 11) is 0. The van der Waals surface area contributed by atoms with Gasteiger partial charge in [0.1, 0.15) is 5.56 Å². The van der Waals surface area contributed by atoms with Crippen molar-refractivity contribution in [2.45, 2.75) is 26.7 Å². The fourth-order valence-electron chi connectivity index (χ4n) is 2.09. The summed E-state index contributed by atoms with van der Waals surface area (Å²) in [6.07, 6.45) is 2.16. The number of carboxylic acids is 1. The SMILES string of the molecule is CC(C)CC(CNC(=O)c1ccc[nH]c1=O)CC(=O)O. The first kappa shape index (κ1) is 15.9. The highest BCUT2D eigenvalue weighted by Crippen LogP contribution is 2.14. The van der Waals surface area contributed by atoms with Gasteiger partial charge < -0.3 is 15.4 Å². The van der Waals surface area contributed by atoms with E-state index >= 15 is 0 Å². The number of aromatic amines is 1. The van der Waals surface area contributed by atoms with Gasteiger partial charge in [-0.15, -0.1) is 0 Å². The molecule has 1 aromatic heterocycles. The minimum atomic E-state index is -0.887. The van der Waals surface area contributed by atoms with Gasteiger partial charge in [0.15, 0.2) is 0 Å². The van der Waals surface area contributed by atoms with E-state index in [1.54, 1.807) is 6.07 Å². The Hall–Kier alpha value is -2.11. The summed E-state index contributed by atoms with van der Waals surface area (Å²) in [4.78, 5) is 36.5. The van der Waals surface area contributed by atoms with Crippen LogP contribution in [0.4, 0.5) is 0 Å². The molecule has 0 aromatic carbocycles. The van der Waals surface area contributed by atoms with Crippen LogP contribution in [0.5, 0.6) is 0 Å². The second-order valence-electron chi connectivity index (χ2n) is 5.22. The van der Waals surface area contributed by atoms with Crippen LogP contribution in [0.25, 0.3) is 0 Å². The van der Waals surface area contributed by atoms with Crippen molar-refractivity contribution in [1.29, 1.82) is 0 Å². The Morgan fingerprint density at radius 1 is 1.40 bits per heavy atom. The van der Waals surface area contributed by atoms with E-state index in [4.69, 9.17) is 5.11 Å². The molecule has 1 amide bonds. The molecule has 0 bridgehead atoms. The number of H-pyrrole nitrogens is 1. The Morgan fingerprint density at radius 2 is 2.10 bits per heavy atom. The topological polar surface area (TPSA) is 99.3 Å². The molecule has 0 aliphatic heterocycles. The van der Waals surface area contributed by atoms with Gasteiger partial charge in [0, 0.05) is 19.2 Å². The van der Waals surface area contributed by atoms with Gasteiger partial charge in [-0.25, -0.2) is 0 Å². The van der Waals surface area contributed by atoms with Crippen molar-refractivity contribution >= 4 is 11.9 Å². The summed E-state index contributed by atoms with van der Waals surface area (Å²) in [5.41, 5.74) is -0.422. The van der Waals surface area contributed by atoms with Crippen LogP contribution in [-0.2, 0) is 4.79 Å². The zero-order valence-corrected chi connectivity index (χ0v) is 11.7. The maximum Gasteiger partial charge on any atom is 0.303 e. The van der Waals surface area contributed by atoms with Crippen molar-refractivity contribution < 1.29 is 14.7 Å². The second kappa shape index (κ2) is 7.47. The van der Waals surface area contributed by atoms with Gasteiger partial charge in [-0.05, 0) is 30.4 Å². The normalized spacial score (nSPS) is 12.2. The number of aliphatic carboxylic acids is 1. The first-order valence-electron chi connectivity index (χ1n) is 6.57. The number of amides is 1. The molecule has 1 unspecified atom stereocenters. The van der Waals surface area contributed by atoms with Crippen molar-refractivity contribution in [3.63, 3.8) is 0 Å². The number of carboxylic acid groups (broad SMARTS) is 1. The Bertz CT molecular complexity index is 522. The second-order valence-corrected chi connectivity index (χ2v) is 5.22. The quantitative estimate of drug-likeness (QED) is 0.699. The zero-order chi connectivity index (χ0) is 15.1. The summed E-state index contributed by atoms with van der Waals surface area (Å²) in [5.74, 6) is -1.16. The highest BCUT2D eigenvalue weighted by molar-refractivity contribution is 5.93. The fraction of sp³-hybridized carbons (Fsp3) is 0.500. The van der Waals surface area contributed by atoms with Crippen molar-refractivity contribution in [2.24, 2.45) is 11.8 Å². The summed E-state index contributed by atoms with van der Waals surface area (Å²) in [6.45, 7) is 4.24. The average molecular weight is 280 g/mol. The molecular weight excluding hydrogens is 260 g/mol. The first-order chi connectivity index (χ1) is 9.40. The summed E-state index contributed by atoms with van der Waals surface area (Å²) in [6, 6.07) is 3.00. The van der Waals surface area contributed by atoms with E-state index in [1.807, 2.05) is 13.8 Å². The number of aromatic nitrogens is 1. The number of hydrogen-bond donors (Lipinski definition) is 3. The van der Waals surface area contributed by atoms with Crippen LogP contribution in [-0.4, -0.2) is 28.5 Å². The van der Waals surface area contributed by atoms with Crippen LogP contribution in [0.3, 0.4) is 0 Å². The highest BCUT2D eigenvalue weighted by atomic mass is 16.4. The Morgan fingerprint density at radius 3 is 2.65 bits per heavy atom. The molecule has 6 heteroatoms. The van der Waals surface area contributed by atoms with E-state index in [2.05, 4.69) is 10.3 Å². The van der Waals surface area contributed by atoms with Crippen LogP contribution in [0.1, 0.15) is 37.0 Å². The molecule has 1 heterocycles. The molecule has 1 atom stereocenters. The van der Waals surface area contributed by atoms with E-state index < -0.39 is 17.4 Å². The lowest BCUT2D eigenvalue weighted by Crippen LogP contribution is -2.34. The Kier molecular flexibility index (Phi) is 5.96. The minimum absolute atomic E-state index is 0.00358. The molecule has 20 heavy (non-hydrogen) atoms. The number of pyridine rings is 1. The molecule has 0 spiro atoms. The molecule has 0 fully saturated rings. The van der Waals surface area contributed by atoms with Crippen LogP contribution in [0, 0.1) is 11.8 Å². The predicted molar refractivity (Wildman–Crippen MR) is 74.6 cm³/mol. The van der Waals surface area contributed by atoms with E-state index in [9.17, 15) is 14.4 Å².